The van der Waals surface area contributed by atoms with Crippen molar-refractivity contribution in [3.63, 3.8) is 0 Å². The Hall–Kier alpha value is -0.570. The van der Waals surface area contributed by atoms with Crippen LogP contribution in [0.4, 0.5) is 0 Å². The number of ether oxygens (including phenoxy) is 2. The maximum atomic E-state index is 11.6. The van der Waals surface area contributed by atoms with Gasteiger partial charge in [-0.25, -0.2) is 13.2 Å². The van der Waals surface area contributed by atoms with Gasteiger partial charge in [0.1, 0.15) is 11.5 Å². The van der Waals surface area contributed by atoms with Crippen LogP contribution in [0.15, 0.2) is 20.0 Å². The summed E-state index contributed by atoms with van der Waals surface area (Å²) < 4.78 is 37.2. The Bertz CT molecular complexity index is 553. The summed E-state index contributed by atoms with van der Waals surface area (Å²) >= 11 is 2.87. The second kappa shape index (κ2) is 8.02. The van der Waals surface area contributed by atoms with Crippen LogP contribution in [0.1, 0.15) is 30.3 Å². The first kappa shape index (κ1) is 17.5. The summed E-state index contributed by atoms with van der Waals surface area (Å²) in [5, 5.41) is 0. The van der Waals surface area contributed by atoms with Gasteiger partial charge in [0.15, 0.2) is 4.67 Å². The van der Waals surface area contributed by atoms with Gasteiger partial charge >= 0.3 is 5.97 Å². The van der Waals surface area contributed by atoms with Crippen LogP contribution in [-0.2, 0) is 18.5 Å². The first-order valence-electron chi connectivity index (χ1n) is 5.85. The zero-order chi connectivity index (χ0) is 15.2. The van der Waals surface area contributed by atoms with Gasteiger partial charge in [-0.15, -0.1) is 0 Å². The van der Waals surface area contributed by atoms with Gasteiger partial charge in [-0.2, -0.15) is 0 Å². The van der Waals surface area contributed by atoms with Crippen LogP contribution in [0, 0.1) is 0 Å². The minimum atomic E-state index is -3.98. The van der Waals surface area contributed by atoms with Crippen molar-refractivity contribution in [1.29, 1.82) is 0 Å². The molecule has 114 valence electrons. The van der Waals surface area contributed by atoms with Gasteiger partial charge in [-0.3, -0.25) is 0 Å². The Morgan fingerprint density at radius 3 is 2.65 bits per heavy atom. The summed E-state index contributed by atoms with van der Waals surface area (Å²) in [7, 11) is 1.18. The number of carbonyl (C=O) groups is 1. The van der Waals surface area contributed by atoms with E-state index in [1.54, 1.807) is 0 Å². The smallest absolute Gasteiger partial charge is 0.374 e. The Kier molecular flexibility index (Phi) is 7.01. The number of carbonyl (C=O) groups excluding carboxylic acids is 1. The molecule has 0 aliphatic heterocycles. The first-order valence-corrected chi connectivity index (χ1v) is 8.95. The Morgan fingerprint density at radius 2 is 2.10 bits per heavy atom. The quantitative estimate of drug-likeness (QED) is 0.386. The fraction of sp³-hybridized carbons (Fsp3) is 0.545. The summed E-state index contributed by atoms with van der Waals surface area (Å²) in [6, 6.07) is 1.01. The van der Waals surface area contributed by atoms with E-state index in [0.29, 0.717) is 6.61 Å². The molecular weight excluding hydrogens is 376 g/mol. The van der Waals surface area contributed by atoms with Crippen molar-refractivity contribution >= 4 is 41.6 Å². The molecule has 0 saturated heterocycles. The van der Waals surface area contributed by atoms with Gasteiger partial charge < -0.3 is 13.9 Å². The van der Waals surface area contributed by atoms with Gasteiger partial charge in [-0.1, -0.05) is 13.3 Å². The highest BCUT2D eigenvalue weighted by Gasteiger charge is 2.23. The van der Waals surface area contributed by atoms with E-state index in [4.69, 9.17) is 24.6 Å². The van der Waals surface area contributed by atoms with Gasteiger partial charge in [0, 0.05) is 23.4 Å². The van der Waals surface area contributed by atoms with Gasteiger partial charge in [-0.05, 0) is 22.4 Å². The molecule has 0 aliphatic rings. The summed E-state index contributed by atoms with van der Waals surface area (Å²) in [6.45, 7) is 2.98. The minimum absolute atomic E-state index is 0.0594. The lowest BCUT2D eigenvalue weighted by molar-refractivity contribution is 0.0283. The maximum Gasteiger partial charge on any atom is 0.374 e. The summed E-state index contributed by atoms with van der Waals surface area (Å²) in [5.74, 6) is -1.03. The van der Waals surface area contributed by atoms with Crippen molar-refractivity contribution in [3.05, 3.63) is 16.5 Å². The van der Waals surface area contributed by atoms with Crippen LogP contribution < -0.4 is 0 Å². The van der Waals surface area contributed by atoms with Gasteiger partial charge in [0.2, 0.25) is 5.76 Å². The zero-order valence-electron chi connectivity index (χ0n) is 10.7. The van der Waals surface area contributed by atoms with Crippen molar-refractivity contribution in [2.45, 2.75) is 24.7 Å². The van der Waals surface area contributed by atoms with Crippen LogP contribution in [0.5, 0.6) is 0 Å². The number of hydrogen-bond acceptors (Lipinski definition) is 6. The molecule has 0 unspecified atom stereocenters. The third-order valence-corrected chi connectivity index (χ3v) is 4.40. The number of unbranched alkanes of at least 4 members (excludes halogenated alkanes) is 1. The second-order valence-corrected chi connectivity index (χ2v) is 7.04. The van der Waals surface area contributed by atoms with E-state index in [-0.39, 0.29) is 28.5 Å². The van der Waals surface area contributed by atoms with Crippen molar-refractivity contribution in [2.75, 3.05) is 19.8 Å². The van der Waals surface area contributed by atoms with E-state index < -0.39 is 15.0 Å². The highest BCUT2D eigenvalue weighted by atomic mass is 79.9. The van der Waals surface area contributed by atoms with E-state index in [1.165, 1.54) is 0 Å². The van der Waals surface area contributed by atoms with E-state index in [1.807, 2.05) is 6.92 Å². The molecule has 20 heavy (non-hydrogen) atoms. The second-order valence-electron chi connectivity index (χ2n) is 3.79. The molecule has 0 atom stereocenters. The number of furan rings is 1. The molecule has 0 saturated carbocycles. The van der Waals surface area contributed by atoms with E-state index in [2.05, 4.69) is 15.9 Å². The Labute approximate surface area is 129 Å². The average molecular weight is 390 g/mol. The third-order valence-electron chi connectivity index (χ3n) is 2.22. The van der Waals surface area contributed by atoms with E-state index >= 15 is 0 Å². The molecule has 0 fully saturated rings. The fourth-order valence-corrected chi connectivity index (χ4v) is 3.26. The van der Waals surface area contributed by atoms with Crippen molar-refractivity contribution < 1.29 is 27.1 Å². The predicted molar refractivity (Wildman–Crippen MR) is 75.5 cm³/mol. The van der Waals surface area contributed by atoms with Crippen LogP contribution in [0.3, 0.4) is 0 Å². The molecule has 0 bridgehead atoms. The Balaban J connectivity index is 2.49. The molecule has 1 aromatic heterocycles. The molecule has 0 aliphatic carbocycles. The van der Waals surface area contributed by atoms with Crippen LogP contribution in [-0.4, -0.2) is 34.2 Å². The molecule has 0 amide bonds. The third kappa shape index (κ3) is 5.43. The zero-order valence-corrected chi connectivity index (χ0v) is 13.9. The molecule has 1 rings (SSSR count). The molecule has 0 spiro atoms. The lowest BCUT2D eigenvalue weighted by Gasteiger charge is -2.03. The van der Waals surface area contributed by atoms with Crippen molar-refractivity contribution in [1.82, 2.24) is 0 Å². The lowest BCUT2D eigenvalue weighted by atomic mass is 10.4. The fourth-order valence-electron chi connectivity index (χ4n) is 1.23. The largest absolute Gasteiger partial charge is 0.457 e. The monoisotopic (exact) mass is 388 g/mol. The van der Waals surface area contributed by atoms with Crippen LogP contribution in [0.2, 0.25) is 0 Å². The van der Waals surface area contributed by atoms with Crippen LogP contribution in [0.25, 0.3) is 0 Å². The first-order chi connectivity index (χ1) is 9.36. The molecule has 1 heterocycles. The van der Waals surface area contributed by atoms with E-state index in [9.17, 15) is 13.2 Å². The Morgan fingerprint density at radius 1 is 1.40 bits per heavy atom. The molecule has 6 nitrogen and oxygen atoms in total. The SMILES string of the molecule is CCCCOCCOC(=O)c1cc(S(=O)(=O)Cl)c(Br)o1. The summed E-state index contributed by atoms with van der Waals surface area (Å²) in [6.07, 6.45) is 1.96. The maximum absolute atomic E-state index is 11.6. The normalized spacial score (nSPS) is 11.6. The van der Waals surface area contributed by atoms with Crippen molar-refractivity contribution in [3.8, 4) is 0 Å². The number of esters is 1. The van der Waals surface area contributed by atoms with Gasteiger partial charge in [0.05, 0.1) is 6.61 Å². The number of rotatable bonds is 8. The standard InChI is InChI=1S/C11H14BrClO6S/c1-2-3-4-17-5-6-18-11(14)8-7-9(10(12)19-8)20(13,15)16/h7H,2-6H2,1H3. The highest BCUT2D eigenvalue weighted by Crippen LogP contribution is 2.28. The molecular formula is C11H14BrClO6S. The molecule has 0 N–H and O–H groups in total. The molecule has 0 aromatic carbocycles. The molecule has 0 radical (unpaired) electrons. The van der Waals surface area contributed by atoms with E-state index in [0.717, 1.165) is 18.9 Å². The number of hydrogen-bond donors (Lipinski definition) is 0. The van der Waals surface area contributed by atoms with Crippen molar-refractivity contribution in [2.24, 2.45) is 0 Å². The minimum Gasteiger partial charge on any atom is -0.457 e. The van der Waals surface area contributed by atoms with Crippen LogP contribution >= 0.6 is 26.6 Å². The summed E-state index contributed by atoms with van der Waals surface area (Å²) in [4.78, 5) is 11.3. The highest BCUT2D eigenvalue weighted by molar-refractivity contribution is 9.10. The lowest BCUT2D eigenvalue weighted by Crippen LogP contribution is -2.10. The van der Waals surface area contributed by atoms with Gasteiger partial charge in [0.25, 0.3) is 9.05 Å². The predicted octanol–water partition coefficient (Wildman–Crippen LogP) is 2.94. The molecule has 9 heteroatoms. The average Bonchev–Trinajstić information content (AvgIpc) is 2.75. The number of halogens is 2. The molecule has 1 aromatic rings. The summed E-state index contributed by atoms with van der Waals surface area (Å²) in [5.41, 5.74) is 0. The topological polar surface area (TPSA) is 82.8 Å².